The lowest BCUT2D eigenvalue weighted by atomic mass is 10.4. The minimum absolute atomic E-state index is 0.139. The van der Waals surface area contributed by atoms with Gasteiger partial charge in [-0.2, -0.15) is 5.10 Å². The van der Waals surface area contributed by atoms with Crippen LogP contribution >= 0.6 is 22.9 Å². The molecule has 2 rings (SSSR count). The van der Waals surface area contributed by atoms with Gasteiger partial charge in [-0.25, -0.2) is 14.5 Å². The van der Waals surface area contributed by atoms with E-state index in [1.165, 1.54) is 7.11 Å². The highest BCUT2D eigenvalue weighted by molar-refractivity contribution is 7.16. The zero-order valence-corrected chi connectivity index (χ0v) is 10.2. The number of ether oxygens (including phenoxy) is 1. The van der Waals surface area contributed by atoms with Crippen LogP contribution in [0.5, 0.6) is 0 Å². The Morgan fingerprint density at radius 2 is 2.38 bits per heavy atom. The lowest BCUT2D eigenvalue weighted by Gasteiger charge is -1.92. The smallest absolute Gasteiger partial charge is 0.351 e. The third kappa shape index (κ3) is 1.94. The van der Waals surface area contributed by atoms with Gasteiger partial charge in [0.15, 0.2) is 10.0 Å². The topological polar surface area (TPSA) is 57.0 Å². The van der Waals surface area contributed by atoms with Gasteiger partial charge in [0.2, 0.25) is 5.13 Å². The van der Waals surface area contributed by atoms with Crippen molar-refractivity contribution in [2.45, 2.75) is 6.92 Å². The van der Waals surface area contributed by atoms with Crippen LogP contribution in [0.3, 0.4) is 0 Å². The van der Waals surface area contributed by atoms with Crippen molar-refractivity contribution in [1.29, 1.82) is 0 Å². The van der Waals surface area contributed by atoms with Crippen LogP contribution < -0.4 is 0 Å². The molecule has 0 fully saturated rings. The fourth-order valence-corrected chi connectivity index (χ4v) is 2.26. The third-order valence-corrected chi connectivity index (χ3v) is 3.26. The Labute approximate surface area is 101 Å². The molecular weight excluding hydrogens is 250 g/mol. The number of methoxy groups -OCH3 is 1. The number of halogens is 1. The van der Waals surface area contributed by atoms with Gasteiger partial charge in [-0.1, -0.05) is 22.9 Å². The molecule has 84 valence electrons. The van der Waals surface area contributed by atoms with Gasteiger partial charge < -0.3 is 4.74 Å². The van der Waals surface area contributed by atoms with Gasteiger partial charge in [0.1, 0.15) is 0 Å². The first-order valence-corrected chi connectivity index (χ1v) is 5.57. The first-order valence-electron chi connectivity index (χ1n) is 4.38. The van der Waals surface area contributed by atoms with Crippen LogP contribution in [-0.4, -0.2) is 27.8 Å². The van der Waals surface area contributed by atoms with Crippen molar-refractivity contribution in [3.8, 4) is 5.13 Å². The molecule has 0 spiro atoms. The summed E-state index contributed by atoms with van der Waals surface area (Å²) in [4.78, 5) is 15.6. The molecule has 2 aromatic rings. The summed E-state index contributed by atoms with van der Waals surface area (Å²) < 4.78 is 6.16. The number of hydrogen-bond donors (Lipinski definition) is 0. The Morgan fingerprint density at radius 3 is 2.94 bits per heavy atom. The molecule has 0 amide bonds. The maximum absolute atomic E-state index is 11.3. The monoisotopic (exact) mass is 257 g/mol. The number of thiazole rings is 1. The van der Waals surface area contributed by atoms with E-state index in [9.17, 15) is 4.79 Å². The average Bonchev–Trinajstić information content (AvgIpc) is 2.83. The van der Waals surface area contributed by atoms with E-state index in [1.54, 1.807) is 17.1 Å². The standard InChI is InChI=1S/C9H8ClN3O2S/c1-5-3-11-13(4-5)9-12-7(10)6(16-9)8(14)15-2/h3-4H,1-2H3. The van der Waals surface area contributed by atoms with Crippen LogP contribution in [0.25, 0.3) is 5.13 Å². The molecule has 0 radical (unpaired) electrons. The van der Waals surface area contributed by atoms with Gasteiger partial charge in [0.25, 0.3) is 0 Å². The molecule has 0 aliphatic rings. The SMILES string of the molecule is COC(=O)c1sc(-n2cc(C)cn2)nc1Cl. The number of esters is 1. The number of nitrogens with zero attached hydrogens (tertiary/aromatic N) is 3. The highest BCUT2D eigenvalue weighted by Crippen LogP contribution is 2.26. The number of aryl methyl sites for hydroxylation is 1. The number of aromatic nitrogens is 3. The zero-order chi connectivity index (χ0) is 11.7. The van der Waals surface area contributed by atoms with E-state index in [2.05, 4.69) is 14.8 Å². The van der Waals surface area contributed by atoms with Crippen LogP contribution in [0.4, 0.5) is 0 Å². The van der Waals surface area contributed by atoms with Gasteiger partial charge >= 0.3 is 5.97 Å². The molecule has 2 heterocycles. The molecular formula is C9H8ClN3O2S. The predicted molar refractivity (Wildman–Crippen MR) is 60.3 cm³/mol. The second-order valence-electron chi connectivity index (χ2n) is 3.07. The second-order valence-corrected chi connectivity index (χ2v) is 4.41. The van der Waals surface area contributed by atoms with Crippen LogP contribution in [-0.2, 0) is 4.74 Å². The van der Waals surface area contributed by atoms with Crippen molar-refractivity contribution in [2.75, 3.05) is 7.11 Å². The minimum atomic E-state index is -0.488. The van der Waals surface area contributed by atoms with Crippen molar-refractivity contribution in [3.63, 3.8) is 0 Å². The molecule has 0 aromatic carbocycles. The minimum Gasteiger partial charge on any atom is -0.465 e. The van der Waals surface area contributed by atoms with Crippen molar-refractivity contribution in [3.05, 3.63) is 28.0 Å². The van der Waals surface area contributed by atoms with Crippen molar-refractivity contribution < 1.29 is 9.53 Å². The van der Waals surface area contributed by atoms with Crippen LogP contribution in [0.1, 0.15) is 15.2 Å². The van der Waals surface area contributed by atoms with Gasteiger partial charge in [-0.05, 0) is 12.5 Å². The molecule has 0 aliphatic heterocycles. The summed E-state index contributed by atoms with van der Waals surface area (Å²) in [6, 6.07) is 0. The van der Waals surface area contributed by atoms with E-state index in [-0.39, 0.29) is 10.0 Å². The molecule has 0 N–H and O–H groups in total. The lowest BCUT2D eigenvalue weighted by molar-refractivity contribution is 0.0606. The zero-order valence-electron chi connectivity index (χ0n) is 8.60. The lowest BCUT2D eigenvalue weighted by Crippen LogP contribution is -1.98. The van der Waals surface area contributed by atoms with Gasteiger partial charge in [0, 0.05) is 6.20 Å². The Kier molecular flexibility index (Phi) is 2.93. The summed E-state index contributed by atoms with van der Waals surface area (Å²) in [6.45, 7) is 1.92. The Morgan fingerprint density at radius 1 is 1.62 bits per heavy atom. The van der Waals surface area contributed by atoms with Crippen molar-refractivity contribution in [1.82, 2.24) is 14.8 Å². The molecule has 5 nitrogen and oxygen atoms in total. The third-order valence-electron chi connectivity index (χ3n) is 1.85. The molecule has 16 heavy (non-hydrogen) atoms. The molecule has 0 bridgehead atoms. The fourth-order valence-electron chi connectivity index (χ4n) is 1.12. The van der Waals surface area contributed by atoms with E-state index in [4.69, 9.17) is 11.6 Å². The van der Waals surface area contributed by atoms with Crippen LogP contribution in [0.15, 0.2) is 12.4 Å². The molecule has 0 saturated carbocycles. The van der Waals surface area contributed by atoms with Gasteiger partial charge in [-0.15, -0.1) is 0 Å². The second kappa shape index (κ2) is 4.23. The summed E-state index contributed by atoms with van der Waals surface area (Å²) in [5, 5.41) is 4.76. The summed E-state index contributed by atoms with van der Waals surface area (Å²) in [6.07, 6.45) is 3.50. The van der Waals surface area contributed by atoms with Gasteiger partial charge in [0.05, 0.1) is 13.3 Å². The van der Waals surface area contributed by atoms with Crippen molar-refractivity contribution >= 4 is 28.9 Å². The summed E-state index contributed by atoms with van der Waals surface area (Å²) in [5.41, 5.74) is 1.01. The highest BCUT2D eigenvalue weighted by atomic mass is 35.5. The first kappa shape index (κ1) is 11.1. The average molecular weight is 258 g/mol. The number of carbonyl (C=O) groups excluding carboxylic acids is 1. The van der Waals surface area contributed by atoms with Crippen LogP contribution in [0.2, 0.25) is 5.15 Å². The van der Waals surface area contributed by atoms with Gasteiger partial charge in [-0.3, -0.25) is 0 Å². The molecule has 2 aromatic heterocycles. The van der Waals surface area contributed by atoms with Crippen LogP contribution in [0, 0.1) is 6.92 Å². The summed E-state index contributed by atoms with van der Waals surface area (Å²) in [5.74, 6) is -0.488. The maximum atomic E-state index is 11.3. The Bertz CT molecular complexity index is 535. The number of hydrogen-bond acceptors (Lipinski definition) is 5. The predicted octanol–water partition coefficient (Wildman–Crippen LogP) is 2.08. The summed E-state index contributed by atoms with van der Waals surface area (Å²) >= 11 is 6.97. The molecule has 7 heteroatoms. The maximum Gasteiger partial charge on any atom is 0.351 e. The first-order chi connectivity index (χ1) is 7.61. The number of carbonyl (C=O) groups is 1. The molecule has 0 aliphatic carbocycles. The van der Waals surface area contributed by atoms with E-state index >= 15 is 0 Å². The van der Waals surface area contributed by atoms with Crippen molar-refractivity contribution in [2.24, 2.45) is 0 Å². The number of rotatable bonds is 2. The molecule has 0 saturated heterocycles. The fraction of sp³-hybridized carbons (Fsp3) is 0.222. The largest absolute Gasteiger partial charge is 0.465 e. The van der Waals surface area contributed by atoms with E-state index in [0.29, 0.717) is 5.13 Å². The van der Waals surface area contributed by atoms with E-state index in [0.717, 1.165) is 16.9 Å². The Hall–Kier alpha value is -1.40. The molecule has 0 unspecified atom stereocenters. The normalized spacial score (nSPS) is 10.4. The summed E-state index contributed by atoms with van der Waals surface area (Å²) in [7, 11) is 1.30. The quantitative estimate of drug-likeness (QED) is 0.773. The highest BCUT2D eigenvalue weighted by Gasteiger charge is 2.18. The van der Waals surface area contributed by atoms with E-state index < -0.39 is 5.97 Å². The Balaban J connectivity index is 2.41. The van der Waals surface area contributed by atoms with E-state index in [1.807, 2.05) is 6.92 Å². The molecule has 0 atom stereocenters.